The summed E-state index contributed by atoms with van der Waals surface area (Å²) in [6.45, 7) is 1.44. The smallest absolute Gasteiger partial charge is 0.287 e. The van der Waals surface area contributed by atoms with Crippen molar-refractivity contribution in [2.75, 3.05) is 7.05 Å². The highest BCUT2D eigenvalue weighted by molar-refractivity contribution is 5.92. The molecule has 1 heterocycles. The highest BCUT2D eigenvalue weighted by Crippen LogP contribution is 2.23. The second-order valence-corrected chi connectivity index (χ2v) is 7.65. The van der Waals surface area contributed by atoms with Crippen LogP contribution in [0, 0.1) is 0 Å². The molecule has 0 fully saturated rings. The molecule has 1 N–H and O–H groups in total. The summed E-state index contributed by atoms with van der Waals surface area (Å²) in [6, 6.07) is 33.6. The van der Waals surface area contributed by atoms with Gasteiger partial charge < -0.3 is 9.73 Å². The summed E-state index contributed by atoms with van der Waals surface area (Å²) in [5.41, 5.74) is 3.29. The van der Waals surface area contributed by atoms with E-state index in [9.17, 15) is 4.79 Å². The summed E-state index contributed by atoms with van der Waals surface area (Å²) in [5.74, 6) is 0.856. The van der Waals surface area contributed by atoms with Crippen molar-refractivity contribution in [3.05, 3.63) is 131 Å². The highest BCUT2D eigenvalue weighted by Gasteiger charge is 2.20. The van der Waals surface area contributed by atoms with Gasteiger partial charge in [-0.05, 0) is 35.9 Å². The number of amides is 1. The molecule has 4 heteroatoms. The molecule has 0 saturated carbocycles. The van der Waals surface area contributed by atoms with Gasteiger partial charge in [0.1, 0.15) is 5.76 Å². The zero-order valence-electron chi connectivity index (χ0n) is 17.6. The monoisotopic (exact) mass is 410 g/mol. The topological polar surface area (TPSA) is 45.5 Å². The molecule has 31 heavy (non-hydrogen) atoms. The van der Waals surface area contributed by atoms with Gasteiger partial charge in [-0.25, -0.2) is 0 Å². The fourth-order valence-corrected chi connectivity index (χ4v) is 3.65. The van der Waals surface area contributed by atoms with Gasteiger partial charge in [0.05, 0.1) is 12.6 Å². The molecular weight excluding hydrogens is 384 g/mol. The maximum atomic E-state index is 13.0. The Bertz CT molecular complexity index is 1050. The number of carbonyl (C=O) groups is 1. The molecule has 3 aromatic carbocycles. The summed E-state index contributed by atoms with van der Waals surface area (Å²) >= 11 is 0. The molecule has 0 aliphatic heterocycles. The number of rotatable bonds is 8. The fraction of sp³-hybridized carbons (Fsp3) is 0.148. The standard InChI is InChI=1S/C27H26N2O2/c1-29(19-21-11-5-2-6-12-21)20-24-17-18-25(31-24)27(30)28-26(22-13-7-3-8-14-22)23-15-9-4-10-16-23/h2-18,26H,19-20H2,1H3,(H,28,30). The van der Waals surface area contributed by atoms with E-state index in [0.29, 0.717) is 12.3 Å². The summed E-state index contributed by atoms with van der Waals surface area (Å²) in [7, 11) is 2.04. The molecule has 0 aliphatic rings. The molecule has 156 valence electrons. The van der Waals surface area contributed by atoms with E-state index in [2.05, 4.69) is 22.3 Å². The number of benzene rings is 3. The van der Waals surface area contributed by atoms with E-state index in [1.54, 1.807) is 6.07 Å². The largest absolute Gasteiger partial charge is 0.455 e. The minimum atomic E-state index is -0.246. The van der Waals surface area contributed by atoms with Crippen LogP contribution in [0.1, 0.15) is 39.0 Å². The van der Waals surface area contributed by atoms with Crippen LogP contribution in [-0.2, 0) is 13.1 Å². The molecule has 0 radical (unpaired) electrons. The second-order valence-electron chi connectivity index (χ2n) is 7.65. The minimum Gasteiger partial charge on any atom is -0.455 e. The van der Waals surface area contributed by atoms with Crippen LogP contribution in [-0.4, -0.2) is 17.9 Å². The van der Waals surface area contributed by atoms with Crippen LogP contribution in [0.25, 0.3) is 0 Å². The average molecular weight is 411 g/mol. The molecule has 0 atom stereocenters. The van der Waals surface area contributed by atoms with Gasteiger partial charge in [-0.1, -0.05) is 91.0 Å². The fourth-order valence-electron chi connectivity index (χ4n) is 3.65. The lowest BCUT2D eigenvalue weighted by Gasteiger charge is -2.19. The summed E-state index contributed by atoms with van der Waals surface area (Å²) in [6.07, 6.45) is 0. The van der Waals surface area contributed by atoms with Crippen LogP contribution in [0.3, 0.4) is 0 Å². The van der Waals surface area contributed by atoms with Gasteiger partial charge in [-0.3, -0.25) is 9.69 Å². The van der Waals surface area contributed by atoms with Gasteiger partial charge >= 0.3 is 0 Å². The molecule has 4 nitrogen and oxygen atoms in total. The first-order chi connectivity index (χ1) is 15.2. The summed E-state index contributed by atoms with van der Waals surface area (Å²) in [5, 5.41) is 3.13. The first-order valence-electron chi connectivity index (χ1n) is 10.4. The summed E-state index contributed by atoms with van der Waals surface area (Å²) < 4.78 is 5.87. The number of nitrogens with zero attached hydrogens (tertiary/aromatic N) is 1. The van der Waals surface area contributed by atoms with E-state index in [4.69, 9.17) is 4.42 Å². The lowest BCUT2D eigenvalue weighted by Crippen LogP contribution is -2.29. The molecular formula is C27H26N2O2. The van der Waals surface area contributed by atoms with Gasteiger partial charge in [0.2, 0.25) is 0 Å². The Labute approximate surface area is 183 Å². The molecule has 0 saturated heterocycles. The molecule has 0 bridgehead atoms. The lowest BCUT2D eigenvalue weighted by atomic mass is 9.98. The van der Waals surface area contributed by atoms with Crippen LogP contribution in [0.5, 0.6) is 0 Å². The number of nitrogens with one attached hydrogen (secondary N) is 1. The van der Waals surface area contributed by atoms with Crippen molar-refractivity contribution in [2.24, 2.45) is 0 Å². The third-order valence-corrected chi connectivity index (χ3v) is 5.15. The van der Waals surface area contributed by atoms with Crippen LogP contribution in [0.4, 0.5) is 0 Å². The Balaban J connectivity index is 1.44. The molecule has 0 unspecified atom stereocenters. The molecule has 1 aromatic heterocycles. The molecule has 4 aromatic rings. The van der Waals surface area contributed by atoms with Crippen molar-refractivity contribution in [1.29, 1.82) is 0 Å². The predicted molar refractivity (Wildman–Crippen MR) is 123 cm³/mol. The number of hydrogen-bond acceptors (Lipinski definition) is 3. The van der Waals surface area contributed by atoms with Crippen LogP contribution in [0.15, 0.2) is 108 Å². The minimum absolute atomic E-state index is 0.227. The van der Waals surface area contributed by atoms with Gasteiger partial charge in [0.25, 0.3) is 5.91 Å². The third kappa shape index (κ3) is 5.50. The quantitative estimate of drug-likeness (QED) is 0.421. The van der Waals surface area contributed by atoms with E-state index in [1.165, 1.54) is 5.56 Å². The van der Waals surface area contributed by atoms with Crippen molar-refractivity contribution < 1.29 is 9.21 Å². The van der Waals surface area contributed by atoms with Crippen LogP contribution in [0.2, 0.25) is 0 Å². The molecule has 4 rings (SSSR count). The Kier molecular flexibility index (Phi) is 6.60. The maximum Gasteiger partial charge on any atom is 0.287 e. The molecule has 0 aliphatic carbocycles. The van der Waals surface area contributed by atoms with E-state index < -0.39 is 0 Å². The SMILES string of the molecule is CN(Cc1ccccc1)Cc1ccc(C(=O)NC(c2ccccc2)c2ccccc2)o1. The van der Waals surface area contributed by atoms with Gasteiger partial charge in [0.15, 0.2) is 5.76 Å². The van der Waals surface area contributed by atoms with Gasteiger partial charge in [-0.2, -0.15) is 0 Å². The zero-order chi connectivity index (χ0) is 21.5. The molecule has 0 spiro atoms. The van der Waals surface area contributed by atoms with E-state index >= 15 is 0 Å². The predicted octanol–water partition coefficient (Wildman–Crippen LogP) is 5.43. The zero-order valence-corrected chi connectivity index (χ0v) is 17.6. The summed E-state index contributed by atoms with van der Waals surface area (Å²) in [4.78, 5) is 15.1. The first-order valence-corrected chi connectivity index (χ1v) is 10.4. The van der Waals surface area contributed by atoms with Crippen molar-refractivity contribution in [2.45, 2.75) is 19.1 Å². The van der Waals surface area contributed by atoms with Crippen LogP contribution < -0.4 is 5.32 Å². The maximum absolute atomic E-state index is 13.0. The van der Waals surface area contributed by atoms with Crippen LogP contribution >= 0.6 is 0 Å². The van der Waals surface area contributed by atoms with E-state index in [0.717, 1.165) is 23.4 Å². The molecule has 1 amide bonds. The lowest BCUT2D eigenvalue weighted by molar-refractivity contribution is 0.0911. The Morgan fingerprint density at radius 3 is 1.90 bits per heavy atom. The Morgan fingerprint density at radius 1 is 0.774 bits per heavy atom. The van der Waals surface area contributed by atoms with Crippen molar-refractivity contribution >= 4 is 5.91 Å². The Morgan fingerprint density at radius 2 is 1.32 bits per heavy atom. The van der Waals surface area contributed by atoms with Crippen molar-refractivity contribution in [3.63, 3.8) is 0 Å². The number of hydrogen-bond donors (Lipinski definition) is 1. The van der Waals surface area contributed by atoms with Crippen molar-refractivity contribution in [1.82, 2.24) is 10.2 Å². The Hall–Kier alpha value is -3.63. The van der Waals surface area contributed by atoms with Gasteiger partial charge in [-0.15, -0.1) is 0 Å². The normalized spacial score (nSPS) is 11.1. The van der Waals surface area contributed by atoms with E-state index in [-0.39, 0.29) is 11.9 Å². The van der Waals surface area contributed by atoms with Crippen molar-refractivity contribution in [3.8, 4) is 0 Å². The first kappa shape index (κ1) is 20.6. The number of carbonyl (C=O) groups excluding carboxylic acids is 1. The van der Waals surface area contributed by atoms with E-state index in [1.807, 2.05) is 92.0 Å². The average Bonchev–Trinajstić information content (AvgIpc) is 3.27. The second kappa shape index (κ2) is 9.92. The number of furan rings is 1. The van der Waals surface area contributed by atoms with Gasteiger partial charge in [0, 0.05) is 6.54 Å². The third-order valence-electron chi connectivity index (χ3n) is 5.15. The highest BCUT2D eigenvalue weighted by atomic mass is 16.4.